The predicted molar refractivity (Wildman–Crippen MR) is 141 cm³/mol. The smallest absolute Gasteiger partial charge is 0.130 e. The van der Waals surface area contributed by atoms with Crippen molar-refractivity contribution in [3.8, 4) is 28.7 Å². The first-order valence-electron chi connectivity index (χ1n) is 11.5. The highest BCUT2D eigenvalue weighted by Gasteiger charge is 2.20. The Bertz CT molecular complexity index is 1350. The molecule has 0 heterocycles. The highest BCUT2D eigenvalue weighted by atomic mass is 16.5. The number of anilines is 3. The average molecular weight is 470 g/mol. The molecule has 180 valence electrons. The third-order valence-electron chi connectivity index (χ3n) is 6.55. The number of nitrogens with zero attached hydrogens (tertiary/aromatic N) is 1. The maximum absolute atomic E-state index is 10.4. The van der Waals surface area contributed by atoms with E-state index in [0.29, 0.717) is 11.5 Å². The maximum Gasteiger partial charge on any atom is 0.130 e. The van der Waals surface area contributed by atoms with E-state index in [1.807, 2.05) is 76.8 Å². The first-order valence-corrected chi connectivity index (χ1v) is 11.5. The number of ether oxygens (including phenoxy) is 1. The fraction of sp³-hybridized carbons (Fsp3) is 0.200. The van der Waals surface area contributed by atoms with Gasteiger partial charge in [-0.05, 0) is 123 Å². The Morgan fingerprint density at radius 1 is 0.571 bits per heavy atom. The van der Waals surface area contributed by atoms with E-state index < -0.39 is 0 Å². The van der Waals surface area contributed by atoms with Gasteiger partial charge in [-0.2, -0.15) is 0 Å². The van der Waals surface area contributed by atoms with E-state index in [4.69, 9.17) is 4.74 Å². The normalized spacial score (nSPS) is 10.9. The molecule has 0 aromatic heterocycles. The molecule has 0 aliphatic carbocycles. The lowest BCUT2D eigenvalue weighted by atomic mass is 10.0. The van der Waals surface area contributed by atoms with Crippen LogP contribution in [0.3, 0.4) is 0 Å². The molecule has 0 saturated carbocycles. The van der Waals surface area contributed by atoms with Crippen molar-refractivity contribution in [3.05, 3.63) is 94.0 Å². The van der Waals surface area contributed by atoms with E-state index in [1.165, 1.54) is 0 Å². The first-order chi connectivity index (χ1) is 16.5. The van der Waals surface area contributed by atoms with Crippen LogP contribution in [0.15, 0.2) is 60.7 Å². The zero-order chi connectivity index (χ0) is 25.4. The van der Waals surface area contributed by atoms with Crippen LogP contribution in [-0.2, 0) is 0 Å². The van der Waals surface area contributed by atoms with Gasteiger partial charge in [0.25, 0.3) is 0 Å². The van der Waals surface area contributed by atoms with Crippen molar-refractivity contribution in [1.29, 1.82) is 0 Å². The van der Waals surface area contributed by atoms with Crippen LogP contribution in [0.1, 0.15) is 33.4 Å². The Kier molecular flexibility index (Phi) is 6.35. The second-order valence-electron chi connectivity index (χ2n) is 9.15. The predicted octanol–water partition coefficient (Wildman–Crippen LogP) is 7.92. The molecule has 5 nitrogen and oxygen atoms in total. The standard InChI is InChI=1S/C30H31NO4/c1-17-11-24(32)15-27(21(17)5)31(28-16-25(33)12-18(2)22(28)6)23-7-9-26(10-8-23)35-30-14-19(3)29(34)13-20(30)4/h7-16,32-34H,1-6H3. The van der Waals surface area contributed by atoms with Gasteiger partial charge in [0.2, 0.25) is 0 Å². The molecule has 0 spiro atoms. The zero-order valence-corrected chi connectivity index (χ0v) is 21.0. The molecule has 0 aliphatic rings. The summed E-state index contributed by atoms with van der Waals surface area (Å²) in [5.74, 6) is 1.95. The number of phenols is 3. The molecular weight excluding hydrogens is 438 g/mol. The van der Waals surface area contributed by atoms with Gasteiger partial charge in [0.05, 0.1) is 11.4 Å². The van der Waals surface area contributed by atoms with Crippen molar-refractivity contribution in [2.75, 3.05) is 4.90 Å². The molecule has 4 aromatic carbocycles. The summed E-state index contributed by atoms with van der Waals surface area (Å²) in [5, 5.41) is 30.7. The molecule has 5 heteroatoms. The quantitative estimate of drug-likeness (QED) is 0.277. The maximum atomic E-state index is 10.4. The van der Waals surface area contributed by atoms with Gasteiger partial charge in [0.15, 0.2) is 0 Å². The van der Waals surface area contributed by atoms with E-state index >= 15 is 0 Å². The van der Waals surface area contributed by atoms with E-state index in [9.17, 15) is 15.3 Å². The van der Waals surface area contributed by atoms with Crippen LogP contribution in [0, 0.1) is 41.5 Å². The van der Waals surface area contributed by atoms with Gasteiger partial charge in [-0.3, -0.25) is 0 Å². The van der Waals surface area contributed by atoms with E-state index in [2.05, 4.69) is 0 Å². The van der Waals surface area contributed by atoms with E-state index in [-0.39, 0.29) is 17.2 Å². The molecule has 0 aliphatic heterocycles. The highest BCUT2D eigenvalue weighted by molar-refractivity contribution is 5.82. The summed E-state index contributed by atoms with van der Waals surface area (Å²) >= 11 is 0. The van der Waals surface area contributed by atoms with Crippen LogP contribution in [0.4, 0.5) is 17.1 Å². The Balaban J connectivity index is 1.82. The molecule has 0 bridgehead atoms. The lowest BCUT2D eigenvalue weighted by Crippen LogP contribution is -2.13. The number of benzene rings is 4. The molecule has 0 radical (unpaired) electrons. The van der Waals surface area contributed by atoms with Gasteiger partial charge >= 0.3 is 0 Å². The number of hydrogen-bond acceptors (Lipinski definition) is 5. The number of aromatic hydroxyl groups is 3. The third kappa shape index (κ3) is 4.76. The zero-order valence-electron chi connectivity index (χ0n) is 21.0. The Morgan fingerprint density at radius 3 is 1.60 bits per heavy atom. The molecule has 0 saturated heterocycles. The van der Waals surface area contributed by atoms with Gasteiger partial charge < -0.3 is 25.0 Å². The lowest BCUT2D eigenvalue weighted by molar-refractivity contribution is 0.458. The van der Waals surface area contributed by atoms with Gasteiger partial charge in [-0.15, -0.1) is 0 Å². The molecule has 0 atom stereocenters. The van der Waals surface area contributed by atoms with Crippen molar-refractivity contribution < 1.29 is 20.1 Å². The molecule has 35 heavy (non-hydrogen) atoms. The van der Waals surface area contributed by atoms with Crippen molar-refractivity contribution in [2.45, 2.75) is 41.5 Å². The minimum Gasteiger partial charge on any atom is -0.508 e. The Hall–Kier alpha value is -4.12. The van der Waals surface area contributed by atoms with Crippen molar-refractivity contribution in [1.82, 2.24) is 0 Å². The summed E-state index contributed by atoms with van der Waals surface area (Å²) in [5.41, 5.74) is 8.10. The van der Waals surface area contributed by atoms with Gasteiger partial charge in [-0.1, -0.05) is 0 Å². The van der Waals surface area contributed by atoms with Crippen LogP contribution in [-0.4, -0.2) is 15.3 Å². The van der Waals surface area contributed by atoms with Crippen LogP contribution in [0.5, 0.6) is 28.7 Å². The Labute approximate surface area is 206 Å². The minimum atomic E-state index is 0.181. The summed E-state index contributed by atoms with van der Waals surface area (Å²) in [7, 11) is 0. The van der Waals surface area contributed by atoms with Gasteiger partial charge in [0, 0.05) is 17.8 Å². The fourth-order valence-electron chi connectivity index (χ4n) is 4.19. The minimum absolute atomic E-state index is 0.181. The summed E-state index contributed by atoms with van der Waals surface area (Å²) in [6.45, 7) is 11.7. The van der Waals surface area contributed by atoms with Gasteiger partial charge in [0.1, 0.15) is 28.7 Å². The van der Waals surface area contributed by atoms with E-state index in [1.54, 1.807) is 30.3 Å². The number of aryl methyl sites for hydroxylation is 4. The lowest BCUT2D eigenvalue weighted by Gasteiger charge is -2.30. The average Bonchev–Trinajstić information content (AvgIpc) is 2.79. The second kappa shape index (κ2) is 9.26. The summed E-state index contributed by atoms with van der Waals surface area (Å²) in [6, 6.07) is 18.2. The Morgan fingerprint density at radius 2 is 1.09 bits per heavy atom. The molecule has 4 rings (SSSR count). The van der Waals surface area contributed by atoms with Crippen LogP contribution < -0.4 is 9.64 Å². The summed E-state index contributed by atoms with van der Waals surface area (Å²) < 4.78 is 6.11. The van der Waals surface area contributed by atoms with E-state index in [0.717, 1.165) is 50.4 Å². The molecule has 3 N–H and O–H groups in total. The molecular formula is C30H31NO4. The molecule has 0 fully saturated rings. The van der Waals surface area contributed by atoms with Crippen molar-refractivity contribution in [3.63, 3.8) is 0 Å². The van der Waals surface area contributed by atoms with Crippen LogP contribution in [0.2, 0.25) is 0 Å². The van der Waals surface area contributed by atoms with Gasteiger partial charge in [-0.25, -0.2) is 0 Å². The third-order valence-corrected chi connectivity index (χ3v) is 6.55. The van der Waals surface area contributed by atoms with Crippen molar-refractivity contribution >= 4 is 17.1 Å². The monoisotopic (exact) mass is 469 g/mol. The molecule has 0 unspecified atom stereocenters. The topological polar surface area (TPSA) is 73.2 Å². The van der Waals surface area contributed by atoms with Crippen LogP contribution in [0.25, 0.3) is 0 Å². The highest BCUT2D eigenvalue weighted by Crippen LogP contribution is 2.43. The molecule has 4 aromatic rings. The number of rotatable bonds is 5. The van der Waals surface area contributed by atoms with Crippen molar-refractivity contribution in [2.24, 2.45) is 0 Å². The largest absolute Gasteiger partial charge is 0.508 e. The van der Waals surface area contributed by atoms with Crippen LogP contribution >= 0.6 is 0 Å². The first kappa shape index (κ1) is 24.0. The number of hydrogen-bond donors (Lipinski definition) is 3. The number of phenolic OH excluding ortho intramolecular Hbond substituents is 3. The molecule has 0 amide bonds. The fourth-order valence-corrected chi connectivity index (χ4v) is 4.19. The second-order valence-corrected chi connectivity index (χ2v) is 9.15. The summed E-state index contributed by atoms with van der Waals surface area (Å²) in [4.78, 5) is 2.05. The summed E-state index contributed by atoms with van der Waals surface area (Å²) in [6.07, 6.45) is 0. The SMILES string of the molecule is Cc1cc(Oc2ccc(N(c3cc(O)cc(C)c3C)c3cc(O)cc(C)c3C)cc2)c(C)cc1O.